The van der Waals surface area contributed by atoms with Crippen LogP contribution in [0.5, 0.6) is 0 Å². The lowest BCUT2D eigenvalue weighted by molar-refractivity contribution is -0.140. The zero-order valence-corrected chi connectivity index (χ0v) is 9.19. The van der Waals surface area contributed by atoms with Gasteiger partial charge in [0.1, 0.15) is 0 Å². The van der Waals surface area contributed by atoms with Crippen LogP contribution in [0.3, 0.4) is 0 Å². The summed E-state index contributed by atoms with van der Waals surface area (Å²) in [5, 5.41) is 11.7. The Kier molecular flexibility index (Phi) is 8.24. The van der Waals surface area contributed by atoms with Crippen molar-refractivity contribution in [2.24, 2.45) is 5.92 Å². The Morgan fingerprint density at radius 1 is 1.54 bits per heavy atom. The minimum Gasteiger partial charge on any atom is -0.481 e. The number of carboxylic acid groups (broad SMARTS) is 1. The number of carboxylic acids is 1. The van der Waals surface area contributed by atoms with Crippen LogP contribution in [-0.4, -0.2) is 36.2 Å². The molecule has 4 heteroatoms. The molecule has 0 heterocycles. The van der Waals surface area contributed by atoms with Gasteiger partial charge in [0, 0.05) is 6.54 Å². The molecular formula is C9H19NO2S. The predicted octanol–water partition coefficient (Wildman–Crippen LogP) is 1.44. The van der Waals surface area contributed by atoms with Gasteiger partial charge in [0.15, 0.2) is 0 Å². The van der Waals surface area contributed by atoms with Gasteiger partial charge in [0.25, 0.3) is 0 Å². The summed E-state index contributed by atoms with van der Waals surface area (Å²) in [5.74, 6) is 0.188. The van der Waals surface area contributed by atoms with Gasteiger partial charge in [0.2, 0.25) is 0 Å². The fraction of sp³-hybridized carbons (Fsp3) is 0.889. The van der Waals surface area contributed by atoms with Gasteiger partial charge in [0.05, 0.1) is 5.92 Å². The molecule has 1 atom stereocenters. The molecular weight excluding hydrogens is 186 g/mol. The predicted molar refractivity (Wildman–Crippen MR) is 57.3 cm³/mol. The van der Waals surface area contributed by atoms with Crippen molar-refractivity contribution >= 4 is 17.7 Å². The molecule has 3 nitrogen and oxygen atoms in total. The van der Waals surface area contributed by atoms with Crippen molar-refractivity contribution < 1.29 is 9.90 Å². The molecule has 0 aromatic carbocycles. The number of carbonyl (C=O) groups is 1. The summed E-state index contributed by atoms with van der Waals surface area (Å²) in [5.41, 5.74) is 0. The fourth-order valence-electron chi connectivity index (χ4n) is 0.902. The lowest BCUT2D eigenvalue weighted by atomic mass is 10.2. The summed E-state index contributed by atoms with van der Waals surface area (Å²) in [7, 11) is 0. The second kappa shape index (κ2) is 8.38. The molecule has 0 amide bonds. The highest BCUT2D eigenvalue weighted by molar-refractivity contribution is 7.98. The minimum atomic E-state index is -0.725. The molecule has 0 rings (SSSR count). The molecule has 2 N–H and O–H groups in total. The number of rotatable bonds is 8. The fourth-order valence-corrected chi connectivity index (χ4v) is 1.40. The first-order valence-electron chi connectivity index (χ1n) is 4.61. The zero-order valence-electron chi connectivity index (χ0n) is 8.38. The van der Waals surface area contributed by atoms with Crippen molar-refractivity contribution in [3.05, 3.63) is 0 Å². The van der Waals surface area contributed by atoms with Gasteiger partial charge in [-0.25, -0.2) is 0 Å². The van der Waals surface area contributed by atoms with Gasteiger partial charge in [-0.1, -0.05) is 6.92 Å². The van der Waals surface area contributed by atoms with Crippen molar-refractivity contribution in [1.29, 1.82) is 0 Å². The van der Waals surface area contributed by atoms with Gasteiger partial charge in [-0.15, -0.1) is 0 Å². The lowest BCUT2D eigenvalue weighted by Gasteiger charge is -2.07. The summed E-state index contributed by atoms with van der Waals surface area (Å²) < 4.78 is 0. The first kappa shape index (κ1) is 12.8. The van der Waals surface area contributed by atoms with Gasteiger partial charge in [-0.2, -0.15) is 11.8 Å². The third-order valence-electron chi connectivity index (χ3n) is 1.82. The van der Waals surface area contributed by atoms with Crippen LogP contribution in [0, 0.1) is 5.92 Å². The Bertz CT molecular complexity index is 142. The van der Waals surface area contributed by atoms with Crippen LogP contribution in [0.15, 0.2) is 0 Å². The molecule has 0 bridgehead atoms. The molecule has 0 aromatic heterocycles. The van der Waals surface area contributed by atoms with E-state index in [0.717, 1.165) is 13.0 Å². The van der Waals surface area contributed by atoms with Crippen LogP contribution in [0.1, 0.15) is 19.8 Å². The van der Waals surface area contributed by atoms with Crippen molar-refractivity contribution in [2.45, 2.75) is 19.8 Å². The SMILES string of the molecule is CSCCCCNCC(C)C(=O)O. The molecule has 0 aromatic rings. The Labute approximate surface area is 84.3 Å². The van der Waals surface area contributed by atoms with Crippen LogP contribution in [0.4, 0.5) is 0 Å². The van der Waals surface area contributed by atoms with Crippen LogP contribution in [-0.2, 0) is 4.79 Å². The average Bonchev–Trinajstić information content (AvgIpc) is 2.10. The van der Waals surface area contributed by atoms with E-state index in [1.807, 2.05) is 11.8 Å². The number of unbranched alkanes of at least 4 members (excludes halogenated alkanes) is 1. The normalized spacial score (nSPS) is 12.8. The molecule has 0 saturated carbocycles. The topological polar surface area (TPSA) is 49.3 Å². The van der Waals surface area contributed by atoms with Crippen LogP contribution in [0.25, 0.3) is 0 Å². The average molecular weight is 205 g/mol. The standard InChI is InChI=1S/C9H19NO2S/c1-8(9(11)12)7-10-5-3-4-6-13-2/h8,10H,3-7H2,1-2H3,(H,11,12). The van der Waals surface area contributed by atoms with E-state index in [9.17, 15) is 4.79 Å². The number of hydrogen-bond acceptors (Lipinski definition) is 3. The molecule has 1 unspecified atom stereocenters. The van der Waals surface area contributed by atoms with E-state index in [0.29, 0.717) is 6.54 Å². The van der Waals surface area contributed by atoms with Gasteiger partial charge >= 0.3 is 5.97 Å². The highest BCUT2D eigenvalue weighted by atomic mass is 32.2. The molecule has 0 saturated heterocycles. The van der Waals surface area contributed by atoms with E-state index in [1.165, 1.54) is 12.2 Å². The summed E-state index contributed by atoms with van der Waals surface area (Å²) >= 11 is 1.85. The van der Waals surface area contributed by atoms with E-state index in [1.54, 1.807) is 6.92 Å². The van der Waals surface area contributed by atoms with Crippen molar-refractivity contribution in [3.8, 4) is 0 Å². The highest BCUT2D eigenvalue weighted by Gasteiger charge is 2.08. The van der Waals surface area contributed by atoms with Crippen molar-refractivity contribution in [2.75, 3.05) is 25.1 Å². The second-order valence-corrected chi connectivity index (χ2v) is 4.13. The van der Waals surface area contributed by atoms with Gasteiger partial charge in [-0.3, -0.25) is 4.79 Å². The number of nitrogens with one attached hydrogen (secondary N) is 1. The summed E-state index contributed by atoms with van der Waals surface area (Å²) in [6.07, 6.45) is 4.43. The van der Waals surface area contributed by atoms with E-state index in [-0.39, 0.29) is 5.92 Å². The Morgan fingerprint density at radius 2 is 2.23 bits per heavy atom. The number of hydrogen-bond donors (Lipinski definition) is 2. The Morgan fingerprint density at radius 3 is 2.77 bits per heavy atom. The quantitative estimate of drug-likeness (QED) is 0.589. The molecule has 0 fully saturated rings. The monoisotopic (exact) mass is 205 g/mol. The second-order valence-electron chi connectivity index (χ2n) is 3.14. The largest absolute Gasteiger partial charge is 0.481 e. The third kappa shape index (κ3) is 8.12. The van der Waals surface area contributed by atoms with Crippen molar-refractivity contribution in [1.82, 2.24) is 5.32 Å². The zero-order chi connectivity index (χ0) is 10.1. The Balaban J connectivity index is 3.11. The Hall–Kier alpha value is -0.220. The summed E-state index contributed by atoms with van der Waals surface area (Å²) in [6, 6.07) is 0. The van der Waals surface area contributed by atoms with E-state index in [2.05, 4.69) is 11.6 Å². The summed E-state index contributed by atoms with van der Waals surface area (Å²) in [6.45, 7) is 3.23. The van der Waals surface area contributed by atoms with E-state index in [4.69, 9.17) is 5.11 Å². The lowest BCUT2D eigenvalue weighted by Crippen LogP contribution is -2.27. The molecule has 78 valence electrons. The smallest absolute Gasteiger partial charge is 0.307 e. The van der Waals surface area contributed by atoms with Crippen LogP contribution in [0.2, 0.25) is 0 Å². The molecule has 0 radical (unpaired) electrons. The minimum absolute atomic E-state index is 0.277. The maximum absolute atomic E-state index is 10.4. The summed E-state index contributed by atoms with van der Waals surface area (Å²) in [4.78, 5) is 10.4. The van der Waals surface area contributed by atoms with Crippen LogP contribution >= 0.6 is 11.8 Å². The van der Waals surface area contributed by atoms with Crippen molar-refractivity contribution in [3.63, 3.8) is 0 Å². The molecule has 0 aliphatic carbocycles. The van der Waals surface area contributed by atoms with E-state index >= 15 is 0 Å². The highest BCUT2D eigenvalue weighted by Crippen LogP contribution is 1.98. The van der Waals surface area contributed by atoms with Crippen LogP contribution < -0.4 is 5.32 Å². The molecule has 0 spiro atoms. The number of thioether (sulfide) groups is 1. The maximum atomic E-state index is 10.4. The maximum Gasteiger partial charge on any atom is 0.307 e. The first-order valence-corrected chi connectivity index (χ1v) is 6.00. The molecule has 13 heavy (non-hydrogen) atoms. The first-order chi connectivity index (χ1) is 6.18. The molecule has 0 aliphatic rings. The molecule has 0 aliphatic heterocycles. The third-order valence-corrected chi connectivity index (χ3v) is 2.52. The number of aliphatic carboxylic acids is 1. The van der Waals surface area contributed by atoms with Gasteiger partial charge in [-0.05, 0) is 31.4 Å². The van der Waals surface area contributed by atoms with E-state index < -0.39 is 5.97 Å². The van der Waals surface area contributed by atoms with Gasteiger partial charge < -0.3 is 10.4 Å².